The van der Waals surface area contributed by atoms with Crippen LogP contribution in [0.5, 0.6) is 0 Å². The summed E-state index contributed by atoms with van der Waals surface area (Å²) in [4.78, 5) is 27.5. The van der Waals surface area contributed by atoms with E-state index in [1.807, 2.05) is 0 Å². The van der Waals surface area contributed by atoms with Crippen LogP contribution in [0.25, 0.3) is 0 Å². The Hall–Kier alpha value is -1.72. The molecule has 0 unspecified atom stereocenters. The monoisotopic (exact) mass is 180 g/mol. The fourth-order valence-electron chi connectivity index (χ4n) is 1.30. The Bertz CT molecular complexity index is 316. The molecule has 1 aliphatic heterocycles. The molecule has 1 N–H and O–H groups in total. The predicted octanol–water partition coefficient (Wildman–Crippen LogP) is -0.152. The number of carbonyl (C=O) groups is 2. The van der Waals surface area contributed by atoms with Gasteiger partial charge in [-0.2, -0.15) is 10.1 Å². The Balaban J connectivity index is 2.29. The van der Waals surface area contributed by atoms with Crippen LogP contribution >= 0.6 is 0 Å². The van der Waals surface area contributed by atoms with Gasteiger partial charge in [-0.15, -0.1) is 0 Å². The number of anilines is 1. The summed E-state index contributed by atoms with van der Waals surface area (Å²) < 4.78 is 0. The van der Waals surface area contributed by atoms with Gasteiger partial charge in [0.1, 0.15) is 6.33 Å². The highest BCUT2D eigenvalue weighted by molar-refractivity contribution is 6.15. The van der Waals surface area contributed by atoms with Gasteiger partial charge < -0.3 is 0 Å². The van der Waals surface area contributed by atoms with E-state index in [4.69, 9.17) is 0 Å². The van der Waals surface area contributed by atoms with Crippen LogP contribution in [0.4, 0.5) is 5.95 Å². The lowest BCUT2D eigenvalue weighted by Gasteiger charge is -2.21. The zero-order valence-corrected chi connectivity index (χ0v) is 6.86. The molecule has 13 heavy (non-hydrogen) atoms. The van der Waals surface area contributed by atoms with Crippen molar-refractivity contribution in [2.24, 2.45) is 0 Å². The van der Waals surface area contributed by atoms with Gasteiger partial charge in [0, 0.05) is 12.8 Å². The minimum Gasteiger partial charge on any atom is -0.274 e. The maximum absolute atomic E-state index is 11.3. The second-order valence-corrected chi connectivity index (χ2v) is 2.79. The fraction of sp³-hybridized carbons (Fsp3) is 0.429. The smallest absolute Gasteiger partial charge is 0.236 e. The van der Waals surface area contributed by atoms with Gasteiger partial charge in [0.15, 0.2) is 0 Å². The number of hydrogen-bond acceptors (Lipinski definition) is 4. The van der Waals surface area contributed by atoms with Crippen molar-refractivity contribution in [2.45, 2.75) is 19.3 Å². The molecule has 6 heteroatoms. The number of rotatable bonds is 1. The number of carbonyl (C=O) groups excluding carboxylic acids is 2. The van der Waals surface area contributed by atoms with E-state index >= 15 is 0 Å². The van der Waals surface area contributed by atoms with Crippen LogP contribution < -0.4 is 4.90 Å². The Morgan fingerprint density at radius 1 is 1.31 bits per heavy atom. The van der Waals surface area contributed by atoms with Gasteiger partial charge in [-0.05, 0) is 6.42 Å². The number of hydrogen-bond donors (Lipinski definition) is 1. The first-order valence-corrected chi connectivity index (χ1v) is 4.00. The Morgan fingerprint density at radius 2 is 2.00 bits per heavy atom. The largest absolute Gasteiger partial charge is 0.274 e. The third kappa shape index (κ3) is 1.30. The molecule has 1 aliphatic rings. The Kier molecular flexibility index (Phi) is 1.80. The molecule has 2 heterocycles. The lowest BCUT2D eigenvalue weighted by molar-refractivity contribution is -0.129. The van der Waals surface area contributed by atoms with Crippen LogP contribution in [0.2, 0.25) is 0 Å². The van der Waals surface area contributed by atoms with Gasteiger partial charge in [-0.1, -0.05) is 0 Å². The molecule has 6 nitrogen and oxygen atoms in total. The standard InChI is InChI=1S/C7H8N4O2/c12-5-2-1-3-6(13)11(5)7-8-4-9-10-7/h4H,1-3H2,(H,8,9,10). The van der Waals surface area contributed by atoms with Crippen molar-refractivity contribution in [3.8, 4) is 0 Å². The molecule has 0 radical (unpaired) electrons. The van der Waals surface area contributed by atoms with Crippen LogP contribution in [0, 0.1) is 0 Å². The predicted molar refractivity (Wildman–Crippen MR) is 42.7 cm³/mol. The minimum absolute atomic E-state index is 0.215. The molecule has 1 aromatic rings. The lowest BCUT2D eigenvalue weighted by Crippen LogP contribution is -2.40. The first-order chi connectivity index (χ1) is 6.29. The van der Waals surface area contributed by atoms with Crippen molar-refractivity contribution < 1.29 is 9.59 Å². The van der Waals surface area contributed by atoms with Crippen LogP contribution in [0.1, 0.15) is 19.3 Å². The minimum atomic E-state index is -0.215. The van der Waals surface area contributed by atoms with E-state index in [9.17, 15) is 9.59 Å². The number of piperidine rings is 1. The van der Waals surface area contributed by atoms with Crippen LogP contribution in [0.15, 0.2) is 6.33 Å². The number of amides is 2. The van der Waals surface area contributed by atoms with Crippen molar-refractivity contribution >= 4 is 17.8 Å². The third-order valence-corrected chi connectivity index (χ3v) is 1.89. The SMILES string of the molecule is O=C1CCCC(=O)N1c1ncn[nH]1. The van der Waals surface area contributed by atoms with E-state index in [-0.39, 0.29) is 17.8 Å². The van der Waals surface area contributed by atoms with E-state index in [0.717, 1.165) is 4.90 Å². The van der Waals surface area contributed by atoms with Crippen LogP contribution in [-0.4, -0.2) is 27.0 Å². The third-order valence-electron chi connectivity index (χ3n) is 1.89. The number of aromatic amines is 1. The maximum Gasteiger partial charge on any atom is 0.236 e. The number of aromatic nitrogens is 3. The average Bonchev–Trinajstić information content (AvgIpc) is 2.57. The van der Waals surface area contributed by atoms with Crippen molar-refractivity contribution in [1.82, 2.24) is 15.2 Å². The van der Waals surface area contributed by atoms with E-state index in [0.29, 0.717) is 19.3 Å². The summed E-state index contributed by atoms with van der Waals surface area (Å²) >= 11 is 0. The summed E-state index contributed by atoms with van der Waals surface area (Å²) in [5.74, 6) is -0.212. The summed E-state index contributed by atoms with van der Waals surface area (Å²) in [5, 5.41) is 6.07. The number of H-pyrrole nitrogens is 1. The number of nitrogens with one attached hydrogen (secondary N) is 1. The van der Waals surface area contributed by atoms with Crippen molar-refractivity contribution in [3.05, 3.63) is 6.33 Å². The van der Waals surface area contributed by atoms with Crippen molar-refractivity contribution in [1.29, 1.82) is 0 Å². The topological polar surface area (TPSA) is 79.0 Å². The Morgan fingerprint density at radius 3 is 2.54 bits per heavy atom. The summed E-state index contributed by atoms with van der Waals surface area (Å²) in [6.07, 6.45) is 2.69. The summed E-state index contributed by atoms with van der Waals surface area (Å²) in [6.45, 7) is 0. The fourth-order valence-corrected chi connectivity index (χ4v) is 1.30. The van der Waals surface area contributed by atoms with Gasteiger partial charge >= 0.3 is 0 Å². The zero-order chi connectivity index (χ0) is 9.26. The van der Waals surface area contributed by atoms with Crippen molar-refractivity contribution in [3.63, 3.8) is 0 Å². The lowest BCUT2D eigenvalue weighted by atomic mass is 10.1. The van der Waals surface area contributed by atoms with Gasteiger partial charge in [-0.3, -0.25) is 9.59 Å². The Labute approximate surface area is 74.0 Å². The molecular formula is C7H8N4O2. The second kappa shape index (κ2) is 2.96. The molecule has 2 rings (SSSR count). The second-order valence-electron chi connectivity index (χ2n) is 2.79. The zero-order valence-electron chi connectivity index (χ0n) is 6.86. The van der Waals surface area contributed by atoms with Gasteiger partial charge in [-0.25, -0.2) is 10.00 Å². The van der Waals surface area contributed by atoms with E-state index < -0.39 is 0 Å². The molecule has 0 saturated carbocycles. The molecule has 1 fully saturated rings. The van der Waals surface area contributed by atoms with E-state index in [1.54, 1.807) is 0 Å². The highest BCUT2D eigenvalue weighted by Gasteiger charge is 2.28. The molecular weight excluding hydrogens is 172 g/mol. The summed E-state index contributed by atoms with van der Waals surface area (Å²) in [6, 6.07) is 0. The van der Waals surface area contributed by atoms with Gasteiger partial charge in [0.25, 0.3) is 0 Å². The van der Waals surface area contributed by atoms with Crippen LogP contribution in [0.3, 0.4) is 0 Å². The number of imide groups is 1. The first-order valence-electron chi connectivity index (χ1n) is 4.00. The molecule has 2 amide bonds. The number of nitrogens with zero attached hydrogens (tertiary/aromatic N) is 3. The molecule has 0 atom stereocenters. The van der Waals surface area contributed by atoms with E-state index in [1.165, 1.54) is 6.33 Å². The van der Waals surface area contributed by atoms with Crippen molar-refractivity contribution in [2.75, 3.05) is 4.90 Å². The molecule has 0 bridgehead atoms. The molecule has 68 valence electrons. The van der Waals surface area contributed by atoms with Gasteiger partial charge in [0.2, 0.25) is 17.8 Å². The first kappa shape index (κ1) is 7.90. The average molecular weight is 180 g/mol. The maximum atomic E-state index is 11.3. The quantitative estimate of drug-likeness (QED) is 0.609. The summed E-state index contributed by atoms with van der Waals surface area (Å²) in [7, 11) is 0. The summed E-state index contributed by atoms with van der Waals surface area (Å²) in [5.41, 5.74) is 0. The van der Waals surface area contributed by atoms with E-state index in [2.05, 4.69) is 15.2 Å². The highest BCUT2D eigenvalue weighted by Crippen LogP contribution is 2.16. The normalized spacial score (nSPS) is 18.0. The molecule has 1 aromatic heterocycles. The van der Waals surface area contributed by atoms with Gasteiger partial charge in [0.05, 0.1) is 0 Å². The molecule has 0 aliphatic carbocycles. The van der Waals surface area contributed by atoms with Crippen LogP contribution in [-0.2, 0) is 9.59 Å². The molecule has 0 spiro atoms. The highest BCUT2D eigenvalue weighted by atomic mass is 16.2. The molecule has 1 saturated heterocycles. The molecule has 0 aromatic carbocycles.